The molecule has 2 unspecified atom stereocenters. The second-order valence-corrected chi connectivity index (χ2v) is 7.56. The van der Waals surface area contributed by atoms with Crippen LogP contribution in [0.25, 0.3) is 0 Å². The third-order valence-corrected chi connectivity index (χ3v) is 5.60. The number of nitrogens with zero attached hydrogens (tertiary/aromatic N) is 4. The van der Waals surface area contributed by atoms with Crippen LogP contribution in [0.15, 0.2) is 101 Å². The van der Waals surface area contributed by atoms with Gasteiger partial charge in [0.15, 0.2) is 0 Å². The van der Waals surface area contributed by atoms with Crippen LogP contribution >= 0.6 is 0 Å². The van der Waals surface area contributed by atoms with Crippen LogP contribution in [0.3, 0.4) is 0 Å². The summed E-state index contributed by atoms with van der Waals surface area (Å²) in [5.41, 5.74) is 4.62. The molecule has 0 saturated carbocycles. The Kier molecular flexibility index (Phi) is 4.64. The van der Waals surface area contributed by atoms with E-state index in [9.17, 15) is 4.79 Å². The summed E-state index contributed by atoms with van der Waals surface area (Å²) in [5.74, 6) is -0.468. The van der Waals surface area contributed by atoms with E-state index in [0.29, 0.717) is 6.42 Å². The molecule has 2 heterocycles. The van der Waals surface area contributed by atoms with E-state index in [0.717, 1.165) is 22.8 Å². The summed E-state index contributed by atoms with van der Waals surface area (Å²) in [4.78, 5) is 13.3. The van der Waals surface area contributed by atoms with Crippen molar-refractivity contribution < 1.29 is 4.79 Å². The van der Waals surface area contributed by atoms with E-state index in [1.54, 1.807) is 0 Å². The van der Waals surface area contributed by atoms with Crippen molar-refractivity contribution in [1.82, 2.24) is 0 Å². The lowest BCUT2D eigenvalue weighted by molar-refractivity contribution is -0.118. The molecule has 0 aliphatic carbocycles. The Morgan fingerprint density at radius 2 is 1.33 bits per heavy atom. The van der Waals surface area contributed by atoms with Crippen LogP contribution in [0.5, 0.6) is 0 Å². The van der Waals surface area contributed by atoms with Gasteiger partial charge in [-0.1, -0.05) is 66.7 Å². The molecule has 0 bridgehead atoms. The van der Waals surface area contributed by atoms with Gasteiger partial charge >= 0.3 is 0 Å². The molecule has 30 heavy (non-hydrogen) atoms. The summed E-state index contributed by atoms with van der Waals surface area (Å²) in [6.45, 7) is 1.91. The molecule has 2 aliphatic rings. The zero-order valence-electron chi connectivity index (χ0n) is 16.7. The number of anilines is 2. The predicted molar refractivity (Wildman–Crippen MR) is 121 cm³/mol. The van der Waals surface area contributed by atoms with Crippen molar-refractivity contribution in [3.05, 3.63) is 96.6 Å². The molecule has 0 aromatic heterocycles. The lowest BCUT2D eigenvalue weighted by Crippen LogP contribution is -2.32. The number of rotatable bonds is 4. The average molecular weight is 394 g/mol. The monoisotopic (exact) mass is 394 g/mol. The Hall–Kier alpha value is -3.73. The maximum Gasteiger partial charge on any atom is 0.262 e. The average Bonchev–Trinajstić information content (AvgIpc) is 3.36. The van der Waals surface area contributed by atoms with E-state index >= 15 is 0 Å². The van der Waals surface area contributed by atoms with Crippen molar-refractivity contribution >= 4 is 28.7 Å². The molecule has 5 nitrogen and oxygen atoms in total. The third-order valence-electron chi connectivity index (χ3n) is 5.60. The van der Waals surface area contributed by atoms with Crippen LogP contribution in [0.4, 0.5) is 11.4 Å². The lowest BCUT2D eigenvalue weighted by Gasteiger charge is -2.23. The first-order chi connectivity index (χ1) is 14.7. The van der Waals surface area contributed by atoms with Crippen molar-refractivity contribution in [1.29, 1.82) is 0 Å². The van der Waals surface area contributed by atoms with Gasteiger partial charge in [0, 0.05) is 6.42 Å². The minimum atomic E-state index is -0.426. The molecule has 2 atom stereocenters. The fourth-order valence-electron chi connectivity index (χ4n) is 4.17. The summed E-state index contributed by atoms with van der Waals surface area (Å²) in [6.07, 6.45) is 0.685. The summed E-state index contributed by atoms with van der Waals surface area (Å²) in [6, 6.07) is 30.1. The molecule has 0 N–H and O–H groups in total. The van der Waals surface area contributed by atoms with E-state index in [1.165, 1.54) is 10.6 Å². The van der Waals surface area contributed by atoms with Crippen LogP contribution in [0.2, 0.25) is 0 Å². The molecule has 5 heteroatoms. The van der Waals surface area contributed by atoms with Crippen molar-refractivity contribution in [2.45, 2.75) is 19.4 Å². The van der Waals surface area contributed by atoms with Gasteiger partial charge in [0.1, 0.15) is 5.92 Å². The molecule has 0 fully saturated rings. The number of para-hydroxylation sites is 2. The van der Waals surface area contributed by atoms with Crippen LogP contribution in [-0.4, -0.2) is 17.3 Å². The predicted octanol–water partition coefficient (Wildman–Crippen LogP) is 5.03. The van der Waals surface area contributed by atoms with Gasteiger partial charge in [-0.3, -0.25) is 9.80 Å². The quantitative estimate of drug-likeness (QED) is 0.623. The second kappa shape index (κ2) is 7.59. The molecule has 0 saturated heterocycles. The Bertz CT molecular complexity index is 1110. The van der Waals surface area contributed by atoms with Crippen LogP contribution < -0.4 is 10.0 Å². The molecular weight excluding hydrogens is 372 g/mol. The van der Waals surface area contributed by atoms with Gasteiger partial charge in [0.25, 0.3) is 5.91 Å². The van der Waals surface area contributed by atoms with Gasteiger partial charge in [-0.2, -0.15) is 15.2 Å². The number of hydrogen-bond acceptors (Lipinski definition) is 4. The summed E-state index contributed by atoms with van der Waals surface area (Å²) >= 11 is 0. The highest BCUT2D eigenvalue weighted by molar-refractivity contribution is 6.28. The molecule has 2 aliphatic heterocycles. The minimum Gasteiger partial charge on any atom is -0.271 e. The first kappa shape index (κ1) is 18.3. The second-order valence-electron chi connectivity index (χ2n) is 7.56. The zero-order chi connectivity index (χ0) is 20.5. The topological polar surface area (TPSA) is 48.3 Å². The number of carbonyl (C=O) groups excluding carboxylic acids is 1. The summed E-state index contributed by atoms with van der Waals surface area (Å²) < 4.78 is 0. The fraction of sp³-hybridized carbons (Fsp3) is 0.160. The minimum absolute atomic E-state index is 0.0424. The molecule has 0 radical (unpaired) electrons. The van der Waals surface area contributed by atoms with Gasteiger partial charge in [-0.15, -0.1) is 0 Å². The SMILES string of the molecule is CC1=NN(c2ccccc2)C(=O)C1C1=NN(c2ccccc2)C(c2ccccc2)C1. The Morgan fingerprint density at radius 3 is 1.97 bits per heavy atom. The highest BCUT2D eigenvalue weighted by Crippen LogP contribution is 2.38. The van der Waals surface area contributed by atoms with E-state index in [1.807, 2.05) is 78.7 Å². The van der Waals surface area contributed by atoms with E-state index < -0.39 is 5.92 Å². The van der Waals surface area contributed by atoms with Gasteiger partial charge in [-0.05, 0) is 36.8 Å². The molecule has 0 spiro atoms. The fourth-order valence-corrected chi connectivity index (χ4v) is 4.17. The smallest absolute Gasteiger partial charge is 0.262 e. The largest absolute Gasteiger partial charge is 0.271 e. The van der Waals surface area contributed by atoms with Gasteiger partial charge in [0.2, 0.25) is 0 Å². The van der Waals surface area contributed by atoms with Crippen molar-refractivity contribution in [2.24, 2.45) is 16.1 Å². The first-order valence-corrected chi connectivity index (χ1v) is 10.1. The number of hydrazone groups is 2. The molecule has 5 rings (SSSR count). The molecule has 3 aromatic rings. The lowest BCUT2D eigenvalue weighted by atomic mass is 9.92. The van der Waals surface area contributed by atoms with Crippen molar-refractivity contribution in [3.63, 3.8) is 0 Å². The van der Waals surface area contributed by atoms with Crippen LogP contribution in [0, 0.1) is 5.92 Å². The first-order valence-electron chi connectivity index (χ1n) is 10.1. The van der Waals surface area contributed by atoms with Crippen LogP contribution in [-0.2, 0) is 4.79 Å². The molecule has 1 amide bonds. The molecular formula is C25H22N4O. The van der Waals surface area contributed by atoms with Gasteiger partial charge in [-0.25, -0.2) is 0 Å². The van der Waals surface area contributed by atoms with Crippen LogP contribution in [0.1, 0.15) is 24.9 Å². The Morgan fingerprint density at radius 1 is 0.767 bits per heavy atom. The molecule has 3 aromatic carbocycles. The maximum atomic E-state index is 13.3. The highest BCUT2D eigenvalue weighted by Gasteiger charge is 2.42. The van der Waals surface area contributed by atoms with E-state index in [4.69, 9.17) is 5.10 Å². The van der Waals surface area contributed by atoms with E-state index in [2.05, 4.69) is 29.4 Å². The third kappa shape index (κ3) is 3.18. The maximum absolute atomic E-state index is 13.3. The summed E-state index contributed by atoms with van der Waals surface area (Å²) in [5, 5.41) is 13.1. The van der Waals surface area contributed by atoms with E-state index in [-0.39, 0.29) is 11.9 Å². The molecule has 148 valence electrons. The van der Waals surface area contributed by atoms with Crippen molar-refractivity contribution in [3.8, 4) is 0 Å². The van der Waals surface area contributed by atoms with Gasteiger partial charge < -0.3 is 0 Å². The Labute approximate surface area is 176 Å². The zero-order valence-corrected chi connectivity index (χ0v) is 16.7. The number of amides is 1. The highest BCUT2D eigenvalue weighted by atomic mass is 16.2. The van der Waals surface area contributed by atoms with Crippen molar-refractivity contribution in [2.75, 3.05) is 10.0 Å². The normalized spacial score (nSPS) is 21.0. The Balaban J connectivity index is 1.50. The number of carbonyl (C=O) groups is 1. The number of benzene rings is 3. The standard InChI is InChI=1S/C25H22N4O/c1-18-24(25(30)29(26-18)21-15-9-4-10-16-21)22-17-23(19-11-5-2-6-12-19)28(27-22)20-13-7-3-8-14-20/h2-16,23-24H,17H2,1H3. The summed E-state index contributed by atoms with van der Waals surface area (Å²) in [7, 11) is 0. The van der Waals surface area contributed by atoms with Gasteiger partial charge in [0.05, 0.1) is 28.8 Å². The number of hydrogen-bond donors (Lipinski definition) is 0.